The molecule has 0 N–H and O–H groups in total. The van der Waals surface area contributed by atoms with Crippen molar-refractivity contribution in [2.24, 2.45) is 0 Å². The number of rotatable bonds is 6. The lowest BCUT2D eigenvalue weighted by atomic mass is 9.92. The zero-order valence-electron chi connectivity index (χ0n) is 20.2. The van der Waals surface area contributed by atoms with Crippen molar-refractivity contribution in [2.75, 3.05) is 0 Å². The van der Waals surface area contributed by atoms with E-state index in [2.05, 4.69) is 93.6 Å². The minimum Gasteiger partial charge on any atom is -0.456 e. The van der Waals surface area contributed by atoms with E-state index in [4.69, 9.17) is 8.83 Å². The maximum absolute atomic E-state index is 6.22. The van der Waals surface area contributed by atoms with Crippen molar-refractivity contribution in [1.82, 2.24) is 0 Å². The summed E-state index contributed by atoms with van der Waals surface area (Å²) in [5.74, 6) is 0.460. The third-order valence-electron chi connectivity index (χ3n) is 7.41. The lowest BCUT2D eigenvalue weighted by molar-refractivity contribution is 0.660. The largest absolute Gasteiger partial charge is 0.456 e. The van der Waals surface area contributed by atoms with Gasteiger partial charge in [-0.05, 0) is 90.3 Å². The van der Waals surface area contributed by atoms with E-state index in [0.29, 0.717) is 5.92 Å². The van der Waals surface area contributed by atoms with E-state index >= 15 is 0 Å². The lowest BCUT2D eigenvalue weighted by Crippen LogP contribution is -1.96. The van der Waals surface area contributed by atoms with E-state index in [1.165, 1.54) is 43.8 Å². The highest BCUT2D eigenvalue weighted by Crippen LogP contribution is 2.34. The normalized spacial score (nSPS) is 12.9. The second kappa shape index (κ2) is 8.36. The van der Waals surface area contributed by atoms with Crippen LogP contribution in [0.3, 0.4) is 0 Å². The molecule has 6 aromatic rings. The smallest absolute Gasteiger partial charge is 0.135 e. The van der Waals surface area contributed by atoms with E-state index in [1.807, 2.05) is 0 Å². The van der Waals surface area contributed by atoms with Gasteiger partial charge in [-0.15, -0.1) is 0 Å². The molecule has 1 atom stereocenters. The van der Waals surface area contributed by atoms with Crippen molar-refractivity contribution < 1.29 is 8.83 Å². The molecule has 6 rings (SSSR count). The van der Waals surface area contributed by atoms with Crippen molar-refractivity contribution in [3.8, 4) is 0 Å². The topological polar surface area (TPSA) is 26.3 Å². The van der Waals surface area contributed by atoms with E-state index in [9.17, 15) is 0 Å². The van der Waals surface area contributed by atoms with E-state index in [1.54, 1.807) is 0 Å². The third-order valence-corrected chi connectivity index (χ3v) is 7.41. The summed E-state index contributed by atoms with van der Waals surface area (Å²) in [6, 6.07) is 26.5. The molecular formula is C32H30O2. The summed E-state index contributed by atoms with van der Waals surface area (Å²) >= 11 is 0. The number of furan rings is 2. The molecule has 0 saturated carbocycles. The monoisotopic (exact) mass is 446 g/mol. The summed E-state index contributed by atoms with van der Waals surface area (Å²) in [4.78, 5) is 0. The van der Waals surface area contributed by atoms with Gasteiger partial charge in [0.05, 0.1) is 0 Å². The van der Waals surface area contributed by atoms with Gasteiger partial charge in [0.2, 0.25) is 0 Å². The molecule has 0 spiro atoms. The average Bonchev–Trinajstić information content (AvgIpc) is 3.43. The maximum atomic E-state index is 6.22. The minimum atomic E-state index is 0.460. The summed E-state index contributed by atoms with van der Waals surface area (Å²) in [7, 11) is 0. The van der Waals surface area contributed by atoms with Gasteiger partial charge in [-0.1, -0.05) is 57.2 Å². The first kappa shape index (κ1) is 21.0. The van der Waals surface area contributed by atoms with Gasteiger partial charge in [-0.3, -0.25) is 0 Å². The first-order valence-corrected chi connectivity index (χ1v) is 12.5. The Morgan fingerprint density at radius 1 is 0.559 bits per heavy atom. The summed E-state index contributed by atoms with van der Waals surface area (Å²) < 4.78 is 12.3. The Labute approximate surface area is 200 Å². The van der Waals surface area contributed by atoms with Crippen LogP contribution in [0.15, 0.2) is 81.6 Å². The molecule has 0 radical (unpaired) electrons. The molecule has 2 aromatic heterocycles. The molecule has 0 bridgehead atoms. The third kappa shape index (κ3) is 3.58. The van der Waals surface area contributed by atoms with E-state index in [0.717, 1.165) is 48.0 Å². The van der Waals surface area contributed by atoms with Crippen LogP contribution in [0, 0.1) is 0 Å². The molecule has 2 heterocycles. The summed E-state index contributed by atoms with van der Waals surface area (Å²) in [6.07, 6.45) is 4.18. The molecule has 0 aliphatic carbocycles. The molecule has 2 nitrogen and oxygen atoms in total. The number of hydrogen-bond donors (Lipinski definition) is 0. The highest BCUT2D eigenvalue weighted by molar-refractivity contribution is 6.06. The van der Waals surface area contributed by atoms with Crippen molar-refractivity contribution in [2.45, 2.75) is 52.4 Å². The Kier molecular flexibility index (Phi) is 5.17. The Morgan fingerprint density at radius 3 is 1.85 bits per heavy atom. The van der Waals surface area contributed by atoms with Crippen molar-refractivity contribution in [3.63, 3.8) is 0 Å². The lowest BCUT2D eigenvalue weighted by Gasteiger charge is -2.12. The van der Waals surface area contributed by atoms with E-state index < -0.39 is 0 Å². The van der Waals surface area contributed by atoms with Crippen molar-refractivity contribution in [1.29, 1.82) is 0 Å². The van der Waals surface area contributed by atoms with Gasteiger partial charge in [0, 0.05) is 21.5 Å². The molecule has 0 aliphatic heterocycles. The molecule has 170 valence electrons. The maximum Gasteiger partial charge on any atom is 0.135 e. The van der Waals surface area contributed by atoms with Crippen LogP contribution in [0.5, 0.6) is 0 Å². The second-order valence-corrected chi connectivity index (χ2v) is 9.60. The predicted octanol–water partition coefficient (Wildman–Crippen LogP) is 9.35. The van der Waals surface area contributed by atoms with Crippen LogP contribution in [-0.4, -0.2) is 0 Å². The fourth-order valence-corrected chi connectivity index (χ4v) is 5.16. The SMILES string of the molecule is CCc1ccc2c(c1)oc1cc(CCC(C)c3ccc4oc5ccc(CC)cc5c4c3)ccc12. The molecular weight excluding hydrogens is 416 g/mol. The predicted molar refractivity (Wildman–Crippen MR) is 143 cm³/mol. The average molecular weight is 447 g/mol. The summed E-state index contributed by atoms with van der Waals surface area (Å²) in [5, 5.41) is 4.87. The fourth-order valence-electron chi connectivity index (χ4n) is 5.16. The minimum absolute atomic E-state index is 0.460. The Balaban J connectivity index is 1.25. The van der Waals surface area contributed by atoms with Crippen molar-refractivity contribution >= 4 is 43.9 Å². The van der Waals surface area contributed by atoms with Crippen LogP contribution in [0.1, 0.15) is 55.4 Å². The van der Waals surface area contributed by atoms with Gasteiger partial charge < -0.3 is 8.83 Å². The van der Waals surface area contributed by atoms with Crippen LogP contribution >= 0.6 is 0 Å². The standard InChI is InChI=1S/C32H30O2/c1-4-21-10-14-29-27(16-21)28-19-24(11-15-30(28)33-29)20(3)6-7-23-9-13-26-25-12-8-22(5-2)17-31(25)34-32(26)18-23/h8-20H,4-7H2,1-3H3. The highest BCUT2D eigenvalue weighted by Gasteiger charge is 2.13. The van der Waals surface area contributed by atoms with Gasteiger partial charge in [0.25, 0.3) is 0 Å². The van der Waals surface area contributed by atoms with Crippen LogP contribution in [0.4, 0.5) is 0 Å². The fraction of sp³-hybridized carbons (Fsp3) is 0.250. The van der Waals surface area contributed by atoms with E-state index in [-0.39, 0.29) is 0 Å². The molecule has 2 heteroatoms. The molecule has 1 unspecified atom stereocenters. The second-order valence-electron chi connectivity index (χ2n) is 9.60. The number of benzene rings is 4. The summed E-state index contributed by atoms with van der Waals surface area (Å²) in [6.45, 7) is 6.70. The van der Waals surface area contributed by atoms with Crippen LogP contribution in [-0.2, 0) is 19.3 Å². The summed E-state index contributed by atoms with van der Waals surface area (Å²) in [5.41, 5.74) is 9.29. The molecule has 4 aromatic carbocycles. The van der Waals surface area contributed by atoms with Gasteiger partial charge in [-0.25, -0.2) is 0 Å². The van der Waals surface area contributed by atoms with Crippen LogP contribution in [0.2, 0.25) is 0 Å². The molecule has 0 amide bonds. The molecule has 34 heavy (non-hydrogen) atoms. The quantitative estimate of drug-likeness (QED) is 0.255. The number of aryl methyl sites for hydroxylation is 3. The van der Waals surface area contributed by atoms with Crippen LogP contribution < -0.4 is 0 Å². The number of fused-ring (bicyclic) bond motifs is 6. The molecule has 0 aliphatic rings. The Hall–Kier alpha value is -3.52. The Morgan fingerprint density at radius 2 is 1.12 bits per heavy atom. The van der Waals surface area contributed by atoms with Gasteiger partial charge >= 0.3 is 0 Å². The van der Waals surface area contributed by atoms with Crippen LogP contribution in [0.25, 0.3) is 43.9 Å². The molecule has 0 fully saturated rings. The molecule has 0 saturated heterocycles. The first-order valence-electron chi connectivity index (χ1n) is 12.5. The van der Waals surface area contributed by atoms with Gasteiger partial charge in [0.15, 0.2) is 0 Å². The first-order chi connectivity index (χ1) is 16.6. The number of hydrogen-bond acceptors (Lipinski definition) is 2. The van der Waals surface area contributed by atoms with Crippen molar-refractivity contribution in [3.05, 3.63) is 95.1 Å². The van der Waals surface area contributed by atoms with Gasteiger partial charge in [0.1, 0.15) is 22.3 Å². The Bertz CT molecular complexity index is 1650. The van der Waals surface area contributed by atoms with Gasteiger partial charge in [-0.2, -0.15) is 0 Å². The zero-order valence-corrected chi connectivity index (χ0v) is 20.2. The zero-order chi connectivity index (χ0) is 23.2. The highest BCUT2D eigenvalue weighted by atomic mass is 16.3.